The minimum absolute atomic E-state index is 0.266. The topological polar surface area (TPSA) is 67.4 Å². The average molecular weight is 278 g/mol. The zero-order chi connectivity index (χ0) is 15.1. The molecular weight excluding hydrogens is 256 g/mol. The van der Waals surface area contributed by atoms with Gasteiger partial charge in [0.15, 0.2) is 0 Å². The van der Waals surface area contributed by atoms with Crippen LogP contribution in [-0.4, -0.2) is 31.6 Å². The van der Waals surface area contributed by atoms with Crippen LogP contribution in [0, 0.1) is 0 Å². The Kier molecular flexibility index (Phi) is 6.03. The predicted molar refractivity (Wildman–Crippen MR) is 78.6 cm³/mol. The number of esters is 1. The Morgan fingerprint density at radius 2 is 2.00 bits per heavy atom. The molecule has 0 fully saturated rings. The fourth-order valence-corrected chi connectivity index (χ4v) is 1.81. The molecule has 1 amide bonds. The van der Waals surface area contributed by atoms with Crippen LogP contribution in [0.4, 0.5) is 5.69 Å². The second-order valence-electron chi connectivity index (χ2n) is 4.94. The van der Waals surface area contributed by atoms with Crippen LogP contribution in [0.3, 0.4) is 0 Å². The summed E-state index contributed by atoms with van der Waals surface area (Å²) in [7, 11) is 1.30. The molecule has 0 aliphatic rings. The van der Waals surface area contributed by atoms with Crippen molar-refractivity contribution in [2.24, 2.45) is 0 Å². The van der Waals surface area contributed by atoms with Crippen LogP contribution in [0.1, 0.15) is 32.3 Å². The van der Waals surface area contributed by atoms with Gasteiger partial charge in [0.05, 0.1) is 7.11 Å². The quantitative estimate of drug-likeness (QED) is 0.780. The van der Waals surface area contributed by atoms with E-state index in [1.807, 2.05) is 18.2 Å². The number of anilines is 1. The standard InChI is InChI=1S/C15H22N2O3/c1-10(2)12-6-5-7-13(8-12)16-9-14(15(19)20-4)17-11(3)18/h5-8,10,14,16H,9H2,1-4H3,(H,17,18). The summed E-state index contributed by atoms with van der Waals surface area (Å²) in [6, 6.07) is 7.28. The maximum absolute atomic E-state index is 11.6. The third-order valence-electron chi connectivity index (χ3n) is 2.93. The number of methoxy groups -OCH3 is 1. The smallest absolute Gasteiger partial charge is 0.330 e. The molecule has 0 saturated carbocycles. The molecule has 0 spiro atoms. The van der Waals surface area contributed by atoms with E-state index >= 15 is 0 Å². The Bertz CT molecular complexity index is 472. The highest BCUT2D eigenvalue weighted by atomic mass is 16.5. The molecule has 0 aromatic heterocycles. The lowest BCUT2D eigenvalue weighted by Gasteiger charge is -2.17. The summed E-state index contributed by atoms with van der Waals surface area (Å²) in [5.41, 5.74) is 2.12. The maximum Gasteiger partial charge on any atom is 0.330 e. The van der Waals surface area contributed by atoms with Crippen molar-refractivity contribution < 1.29 is 14.3 Å². The number of ether oxygens (including phenoxy) is 1. The SMILES string of the molecule is COC(=O)C(CNc1cccc(C(C)C)c1)NC(C)=O. The molecule has 1 unspecified atom stereocenters. The third kappa shape index (κ3) is 4.91. The summed E-state index contributed by atoms with van der Waals surface area (Å²) in [4.78, 5) is 22.6. The molecule has 20 heavy (non-hydrogen) atoms. The summed E-state index contributed by atoms with van der Waals surface area (Å²) in [5.74, 6) is -0.297. The summed E-state index contributed by atoms with van der Waals surface area (Å²) < 4.78 is 4.67. The van der Waals surface area contributed by atoms with Crippen LogP contribution in [0.2, 0.25) is 0 Å². The van der Waals surface area contributed by atoms with Crippen molar-refractivity contribution in [3.05, 3.63) is 29.8 Å². The zero-order valence-corrected chi connectivity index (χ0v) is 12.4. The van der Waals surface area contributed by atoms with Gasteiger partial charge < -0.3 is 15.4 Å². The Labute approximate surface area is 119 Å². The van der Waals surface area contributed by atoms with Crippen LogP contribution in [0.25, 0.3) is 0 Å². The molecule has 0 bridgehead atoms. The second kappa shape index (κ2) is 7.53. The van der Waals surface area contributed by atoms with Crippen molar-refractivity contribution in [2.75, 3.05) is 19.0 Å². The zero-order valence-electron chi connectivity index (χ0n) is 12.4. The van der Waals surface area contributed by atoms with Gasteiger partial charge in [-0.2, -0.15) is 0 Å². The van der Waals surface area contributed by atoms with Crippen LogP contribution in [0.5, 0.6) is 0 Å². The maximum atomic E-state index is 11.6. The van der Waals surface area contributed by atoms with Gasteiger partial charge in [-0.25, -0.2) is 4.79 Å². The highest BCUT2D eigenvalue weighted by molar-refractivity contribution is 5.83. The molecule has 110 valence electrons. The number of nitrogens with one attached hydrogen (secondary N) is 2. The Balaban J connectivity index is 2.69. The number of carbonyl (C=O) groups excluding carboxylic acids is 2. The molecule has 0 heterocycles. The lowest BCUT2D eigenvalue weighted by atomic mass is 10.0. The molecule has 5 nitrogen and oxygen atoms in total. The molecule has 0 radical (unpaired) electrons. The van der Waals surface area contributed by atoms with Gasteiger partial charge in [-0.1, -0.05) is 26.0 Å². The van der Waals surface area contributed by atoms with E-state index in [-0.39, 0.29) is 12.5 Å². The number of benzene rings is 1. The van der Waals surface area contributed by atoms with Gasteiger partial charge in [0, 0.05) is 19.2 Å². The molecule has 1 atom stereocenters. The largest absolute Gasteiger partial charge is 0.467 e. The van der Waals surface area contributed by atoms with E-state index < -0.39 is 12.0 Å². The van der Waals surface area contributed by atoms with E-state index in [9.17, 15) is 9.59 Å². The van der Waals surface area contributed by atoms with E-state index in [1.54, 1.807) is 0 Å². The van der Waals surface area contributed by atoms with Crippen molar-refractivity contribution in [1.29, 1.82) is 0 Å². The van der Waals surface area contributed by atoms with E-state index in [2.05, 4.69) is 35.3 Å². The second-order valence-corrected chi connectivity index (χ2v) is 4.94. The molecule has 2 N–H and O–H groups in total. The fraction of sp³-hybridized carbons (Fsp3) is 0.467. The molecule has 5 heteroatoms. The molecule has 1 aromatic carbocycles. The van der Waals surface area contributed by atoms with Crippen molar-refractivity contribution in [1.82, 2.24) is 5.32 Å². The van der Waals surface area contributed by atoms with Crippen LogP contribution in [-0.2, 0) is 14.3 Å². The van der Waals surface area contributed by atoms with Crippen LogP contribution >= 0.6 is 0 Å². The number of hydrogen-bond acceptors (Lipinski definition) is 4. The normalized spacial score (nSPS) is 11.8. The summed E-state index contributed by atoms with van der Waals surface area (Å²) >= 11 is 0. The fourth-order valence-electron chi connectivity index (χ4n) is 1.81. The van der Waals surface area contributed by atoms with E-state index in [0.717, 1.165) is 5.69 Å². The molecule has 0 aliphatic carbocycles. The first-order chi connectivity index (χ1) is 9.43. The van der Waals surface area contributed by atoms with Gasteiger partial charge in [0.2, 0.25) is 5.91 Å². The van der Waals surface area contributed by atoms with Gasteiger partial charge >= 0.3 is 5.97 Å². The Morgan fingerprint density at radius 3 is 2.55 bits per heavy atom. The summed E-state index contributed by atoms with van der Waals surface area (Å²) in [6.07, 6.45) is 0. The first kappa shape index (κ1) is 16.0. The lowest BCUT2D eigenvalue weighted by Crippen LogP contribution is -2.45. The monoisotopic (exact) mass is 278 g/mol. The van der Waals surface area contributed by atoms with Gasteiger partial charge in [-0.3, -0.25) is 4.79 Å². The molecule has 1 rings (SSSR count). The first-order valence-corrected chi connectivity index (χ1v) is 6.62. The number of carbonyl (C=O) groups is 2. The van der Waals surface area contributed by atoms with Gasteiger partial charge in [0.1, 0.15) is 6.04 Å². The minimum atomic E-state index is -0.694. The van der Waals surface area contributed by atoms with Crippen LogP contribution in [0.15, 0.2) is 24.3 Å². The van der Waals surface area contributed by atoms with Crippen LogP contribution < -0.4 is 10.6 Å². The van der Waals surface area contributed by atoms with Gasteiger partial charge in [-0.05, 0) is 23.6 Å². The van der Waals surface area contributed by atoms with E-state index in [1.165, 1.54) is 19.6 Å². The molecule has 1 aromatic rings. The highest BCUT2D eigenvalue weighted by Gasteiger charge is 2.19. The lowest BCUT2D eigenvalue weighted by molar-refractivity contribution is -0.144. The molecule has 0 saturated heterocycles. The Hall–Kier alpha value is -2.04. The minimum Gasteiger partial charge on any atom is -0.467 e. The number of amides is 1. The van der Waals surface area contributed by atoms with Crippen molar-refractivity contribution in [3.8, 4) is 0 Å². The average Bonchev–Trinajstić information content (AvgIpc) is 2.42. The molecular formula is C15H22N2O3. The van der Waals surface area contributed by atoms with Gasteiger partial charge in [0.25, 0.3) is 0 Å². The molecule has 0 aliphatic heterocycles. The first-order valence-electron chi connectivity index (χ1n) is 6.62. The van der Waals surface area contributed by atoms with Crippen molar-refractivity contribution in [2.45, 2.75) is 32.7 Å². The number of hydrogen-bond donors (Lipinski definition) is 2. The van der Waals surface area contributed by atoms with Crippen molar-refractivity contribution >= 4 is 17.6 Å². The highest BCUT2D eigenvalue weighted by Crippen LogP contribution is 2.18. The van der Waals surface area contributed by atoms with Gasteiger partial charge in [-0.15, -0.1) is 0 Å². The predicted octanol–water partition coefficient (Wildman–Crippen LogP) is 1.90. The van der Waals surface area contributed by atoms with E-state index in [4.69, 9.17) is 0 Å². The van der Waals surface area contributed by atoms with Crippen molar-refractivity contribution in [3.63, 3.8) is 0 Å². The Morgan fingerprint density at radius 1 is 1.30 bits per heavy atom. The summed E-state index contributed by atoms with van der Waals surface area (Å²) in [5, 5.41) is 5.71. The van der Waals surface area contributed by atoms with E-state index in [0.29, 0.717) is 5.92 Å². The summed E-state index contributed by atoms with van der Waals surface area (Å²) in [6.45, 7) is 5.89. The number of rotatable bonds is 6. The third-order valence-corrected chi connectivity index (χ3v) is 2.93.